The van der Waals surface area contributed by atoms with Gasteiger partial charge in [-0.05, 0) is 36.8 Å². The van der Waals surface area contributed by atoms with Gasteiger partial charge in [-0.1, -0.05) is 35.9 Å². The van der Waals surface area contributed by atoms with Gasteiger partial charge in [0, 0.05) is 16.0 Å². The number of anilines is 1. The molecule has 4 rings (SSSR count). The molecule has 0 aliphatic rings. The van der Waals surface area contributed by atoms with Gasteiger partial charge in [-0.2, -0.15) is 0 Å². The van der Waals surface area contributed by atoms with E-state index in [1.165, 1.54) is 22.2 Å². The van der Waals surface area contributed by atoms with E-state index >= 15 is 0 Å². The number of hydrogen-bond donors (Lipinski definition) is 1. The van der Waals surface area contributed by atoms with E-state index in [4.69, 9.17) is 16.3 Å². The molecule has 0 fully saturated rings. The highest BCUT2D eigenvalue weighted by molar-refractivity contribution is 7.17. The maximum Gasteiger partial charge on any atom is 0.263 e. The summed E-state index contributed by atoms with van der Waals surface area (Å²) in [7, 11) is 0. The van der Waals surface area contributed by atoms with Crippen molar-refractivity contribution < 1.29 is 9.53 Å². The third-order valence-corrected chi connectivity index (χ3v) is 5.63. The quantitative estimate of drug-likeness (QED) is 0.467. The zero-order valence-electron chi connectivity index (χ0n) is 16.1. The minimum absolute atomic E-state index is 0.155. The van der Waals surface area contributed by atoms with Crippen LogP contribution < -0.4 is 15.6 Å². The third-order valence-electron chi connectivity index (χ3n) is 4.49. The minimum Gasteiger partial charge on any atom is -0.492 e. The molecule has 4 aromatic rings. The number of rotatable bonds is 6. The number of nitrogens with zero attached hydrogens (tertiary/aromatic N) is 2. The lowest BCUT2D eigenvalue weighted by molar-refractivity contribution is -0.116. The summed E-state index contributed by atoms with van der Waals surface area (Å²) in [4.78, 5) is 30.7. The Hall–Kier alpha value is -3.16. The van der Waals surface area contributed by atoms with Gasteiger partial charge in [0.05, 0.1) is 24.0 Å². The van der Waals surface area contributed by atoms with E-state index in [2.05, 4.69) is 10.3 Å². The summed E-state index contributed by atoms with van der Waals surface area (Å²) < 4.78 is 6.84. The maximum atomic E-state index is 13.1. The van der Waals surface area contributed by atoms with Crippen molar-refractivity contribution >= 4 is 44.7 Å². The Morgan fingerprint density at radius 1 is 1.20 bits per heavy atom. The molecule has 2 heterocycles. The number of nitrogens with one attached hydrogen (secondary N) is 1. The van der Waals surface area contributed by atoms with Crippen molar-refractivity contribution in [2.45, 2.75) is 13.5 Å². The van der Waals surface area contributed by atoms with Crippen molar-refractivity contribution in [1.82, 2.24) is 9.55 Å². The molecule has 0 spiro atoms. The molecule has 1 N–H and O–H groups in total. The molecule has 0 atom stereocenters. The van der Waals surface area contributed by atoms with Crippen LogP contribution in [0.3, 0.4) is 0 Å². The summed E-state index contributed by atoms with van der Waals surface area (Å²) in [6.07, 6.45) is 1.40. The fraction of sp³-hybridized carbons (Fsp3) is 0.136. The molecule has 8 heteroatoms. The third kappa shape index (κ3) is 4.08. The van der Waals surface area contributed by atoms with E-state index < -0.39 is 0 Å². The number of benzene rings is 2. The van der Waals surface area contributed by atoms with Crippen LogP contribution in [0.15, 0.2) is 65.0 Å². The van der Waals surface area contributed by atoms with Crippen molar-refractivity contribution in [2.75, 3.05) is 11.9 Å². The van der Waals surface area contributed by atoms with Crippen molar-refractivity contribution in [3.8, 4) is 16.9 Å². The summed E-state index contributed by atoms with van der Waals surface area (Å²) in [6.45, 7) is 2.20. The van der Waals surface area contributed by atoms with E-state index in [0.29, 0.717) is 33.3 Å². The fourth-order valence-corrected chi connectivity index (χ4v) is 4.15. The smallest absolute Gasteiger partial charge is 0.263 e. The van der Waals surface area contributed by atoms with E-state index in [9.17, 15) is 9.59 Å². The SMILES string of the molecule is CCOc1ccccc1NC(=O)Cn1cnc2scc(-c3ccc(Cl)cc3)c2c1=O. The highest BCUT2D eigenvalue weighted by Gasteiger charge is 2.15. The van der Waals surface area contributed by atoms with Crippen molar-refractivity contribution in [3.63, 3.8) is 0 Å². The van der Waals surface area contributed by atoms with Gasteiger partial charge < -0.3 is 10.1 Å². The molecule has 0 unspecified atom stereocenters. The normalized spacial score (nSPS) is 10.9. The molecule has 1 amide bonds. The molecule has 2 aromatic heterocycles. The second-order valence-electron chi connectivity index (χ2n) is 6.49. The molecule has 30 heavy (non-hydrogen) atoms. The summed E-state index contributed by atoms with van der Waals surface area (Å²) in [5.74, 6) is 0.241. The lowest BCUT2D eigenvalue weighted by atomic mass is 10.1. The Morgan fingerprint density at radius 3 is 2.73 bits per heavy atom. The average Bonchev–Trinajstić information content (AvgIpc) is 3.17. The first-order valence-corrected chi connectivity index (χ1v) is 10.6. The molecule has 0 aliphatic carbocycles. The lowest BCUT2D eigenvalue weighted by Crippen LogP contribution is -2.28. The molecule has 152 valence electrons. The van der Waals surface area contributed by atoms with Crippen LogP contribution >= 0.6 is 22.9 Å². The van der Waals surface area contributed by atoms with Gasteiger partial charge in [0.1, 0.15) is 17.1 Å². The van der Waals surface area contributed by atoms with Crippen LogP contribution in [0, 0.1) is 0 Å². The summed E-state index contributed by atoms with van der Waals surface area (Å²) in [6, 6.07) is 14.4. The van der Waals surface area contributed by atoms with Crippen LogP contribution in [0.5, 0.6) is 5.75 Å². The number of thiophene rings is 1. The van der Waals surface area contributed by atoms with Gasteiger partial charge in [0.2, 0.25) is 5.91 Å². The van der Waals surface area contributed by atoms with Crippen LogP contribution in [0.4, 0.5) is 5.69 Å². The number of hydrogen-bond acceptors (Lipinski definition) is 5. The monoisotopic (exact) mass is 439 g/mol. The van der Waals surface area contributed by atoms with Gasteiger partial charge in [0.25, 0.3) is 5.56 Å². The number of fused-ring (bicyclic) bond motifs is 1. The molecular formula is C22H18ClN3O3S. The first-order valence-electron chi connectivity index (χ1n) is 9.31. The van der Waals surface area contributed by atoms with Crippen LogP contribution in [0.1, 0.15) is 6.92 Å². The number of carbonyl (C=O) groups excluding carboxylic acids is 1. The average molecular weight is 440 g/mol. The lowest BCUT2D eigenvalue weighted by Gasteiger charge is -2.12. The van der Waals surface area contributed by atoms with Gasteiger partial charge in [-0.3, -0.25) is 14.2 Å². The topological polar surface area (TPSA) is 73.2 Å². The van der Waals surface area contributed by atoms with Crippen LogP contribution in [-0.2, 0) is 11.3 Å². The molecule has 0 bridgehead atoms. The van der Waals surface area contributed by atoms with Crippen LogP contribution in [-0.4, -0.2) is 22.1 Å². The molecule has 0 saturated heterocycles. The fourth-order valence-electron chi connectivity index (χ4n) is 3.12. The predicted molar refractivity (Wildman–Crippen MR) is 121 cm³/mol. The molecule has 0 radical (unpaired) electrons. The van der Waals surface area contributed by atoms with Crippen LogP contribution in [0.25, 0.3) is 21.3 Å². The number of para-hydroxylation sites is 2. The largest absolute Gasteiger partial charge is 0.492 e. The zero-order valence-corrected chi connectivity index (χ0v) is 17.7. The highest BCUT2D eigenvalue weighted by atomic mass is 35.5. The van der Waals surface area contributed by atoms with Crippen molar-refractivity contribution in [1.29, 1.82) is 0 Å². The Kier molecular flexibility index (Phi) is 5.83. The molecule has 2 aromatic carbocycles. The standard InChI is InChI=1S/C22H18ClN3O3S/c1-2-29-18-6-4-3-5-17(18)25-19(27)11-26-13-24-21-20(22(26)28)16(12-30-21)14-7-9-15(23)10-8-14/h3-10,12-13H,2,11H2,1H3,(H,25,27). The zero-order chi connectivity index (χ0) is 21.1. The number of carbonyl (C=O) groups is 1. The summed E-state index contributed by atoms with van der Waals surface area (Å²) in [5.41, 5.74) is 1.95. The first kappa shape index (κ1) is 20.1. The second kappa shape index (κ2) is 8.69. The number of halogens is 1. The van der Waals surface area contributed by atoms with Crippen LogP contribution in [0.2, 0.25) is 5.02 Å². The van der Waals surface area contributed by atoms with E-state index in [0.717, 1.165) is 11.1 Å². The summed E-state index contributed by atoms with van der Waals surface area (Å²) >= 11 is 7.36. The molecule has 0 saturated carbocycles. The predicted octanol–water partition coefficient (Wildman–Crippen LogP) is 4.82. The molecule has 6 nitrogen and oxygen atoms in total. The Morgan fingerprint density at radius 2 is 1.97 bits per heavy atom. The van der Waals surface area contributed by atoms with Gasteiger partial charge in [-0.15, -0.1) is 11.3 Å². The van der Waals surface area contributed by atoms with E-state index in [-0.39, 0.29) is 18.0 Å². The second-order valence-corrected chi connectivity index (χ2v) is 7.79. The Bertz CT molecular complexity index is 1260. The Balaban J connectivity index is 1.63. The summed E-state index contributed by atoms with van der Waals surface area (Å²) in [5, 5.41) is 5.81. The van der Waals surface area contributed by atoms with Crippen molar-refractivity contribution in [2.24, 2.45) is 0 Å². The molecular weight excluding hydrogens is 422 g/mol. The van der Waals surface area contributed by atoms with Gasteiger partial charge in [0.15, 0.2) is 0 Å². The van der Waals surface area contributed by atoms with Gasteiger partial charge >= 0.3 is 0 Å². The van der Waals surface area contributed by atoms with E-state index in [1.807, 2.05) is 36.6 Å². The Labute approximate surface area is 181 Å². The van der Waals surface area contributed by atoms with Gasteiger partial charge in [-0.25, -0.2) is 4.98 Å². The number of ether oxygens (including phenoxy) is 1. The minimum atomic E-state index is -0.339. The van der Waals surface area contributed by atoms with E-state index in [1.54, 1.807) is 24.3 Å². The maximum absolute atomic E-state index is 13.1. The highest BCUT2D eigenvalue weighted by Crippen LogP contribution is 2.31. The number of amides is 1. The number of aromatic nitrogens is 2. The first-order chi connectivity index (χ1) is 14.6. The molecule has 0 aliphatic heterocycles. The van der Waals surface area contributed by atoms with Crippen molar-refractivity contribution in [3.05, 3.63) is 75.6 Å².